The summed E-state index contributed by atoms with van der Waals surface area (Å²) in [7, 11) is 0. The summed E-state index contributed by atoms with van der Waals surface area (Å²) in [6, 6.07) is 24.4. The Hall–Kier alpha value is -5.70. The van der Waals surface area contributed by atoms with Crippen LogP contribution in [0.4, 0.5) is 0 Å². The van der Waals surface area contributed by atoms with Gasteiger partial charge in [-0.25, -0.2) is 15.0 Å². The van der Waals surface area contributed by atoms with Gasteiger partial charge >= 0.3 is 0 Å². The Bertz CT molecular complexity index is 1570. The molecule has 0 unspecified atom stereocenters. The van der Waals surface area contributed by atoms with E-state index in [1.807, 2.05) is 91.4 Å². The van der Waals surface area contributed by atoms with Crippen molar-refractivity contribution in [3.8, 4) is 67.5 Å². The molecule has 3 aromatic carbocycles. The lowest BCUT2D eigenvalue weighted by molar-refractivity contribution is 1.07. The van der Waals surface area contributed by atoms with Gasteiger partial charge in [-0.2, -0.15) is 15.3 Å². The summed E-state index contributed by atoms with van der Waals surface area (Å²) >= 11 is 0. The first-order valence-electron chi connectivity index (χ1n) is 12.3. The van der Waals surface area contributed by atoms with Gasteiger partial charge in [0.25, 0.3) is 0 Å². The molecule has 7 rings (SSSR count). The average molecular weight is 508 g/mol. The summed E-state index contributed by atoms with van der Waals surface area (Å²) < 4.78 is 0. The minimum atomic E-state index is 0.603. The zero-order valence-electron chi connectivity index (χ0n) is 20.6. The van der Waals surface area contributed by atoms with Crippen LogP contribution in [0.15, 0.2) is 110 Å². The second-order valence-electron chi connectivity index (χ2n) is 9.00. The van der Waals surface area contributed by atoms with Crippen LogP contribution in [0.25, 0.3) is 67.5 Å². The third kappa shape index (κ3) is 4.49. The average Bonchev–Trinajstić information content (AvgIpc) is 3.82. The molecule has 186 valence electrons. The molecule has 0 aliphatic carbocycles. The predicted molar refractivity (Wildman–Crippen MR) is 149 cm³/mol. The van der Waals surface area contributed by atoms with Gasteiger partial charge in [0, 0.05) is 52.0 Å². The fourth-order valence-corrected chi connectivity index (χ4v) is 4.42. The van der Waals surface area contributed by atoms with Crippen molar-refractivity contribution in [1.82, 2.24) is 45.5 Å². The van der Waals surface area contributed by atoms with Crippen molar-refractivity contribution in [2.75, 3.05) is 0 Å². The lowest BCUT2D eigenvalue weighted by atomic mass is 10.1. The largest absolute Gasteiger partial charge is 0.285 e. The first kappa shape index (κ1) is 22.5. The molecule has 0 radical (unpaired) electrons. The van der Waals surface area contributed by atoms with Crippen LogP contribution in [0, 0.1) is 0 Å². The lowest BCUT2D eigenvalue weighted by Crippen LogP contribution is -2.00. The second-order valence-corrected chi connectivity index (χ2v) is 9.00. The highest BCUT2D eigenvalue weighted by Crippen LogP contribution is 2.29. The Morgan fingerprint density at radius 1 is 0.308 bits per heavy atom. The molecule has 0 bridgehead atoms. The summed E-state index contributed by atoms with van der Waals surface area (Å²) in [5.41, 5.74) is 8.95. The maximum atomic E-state index is 4.87. The number of benzene rings is 3. The molecule has 9 heteroatoms. The van der Waals surface area contributed by atoms with Crippen molar-refractivity contribution in [2.45, 2.75) is 0 Å². The second kappa shape index (κ2) is 9.64. The van der Waals surface area contributed by atoms with Gasteiger partial charge < -0.3 is 0 Å². The number of hydrogen-bond acceptors (Lipinski definition) is 6. The van der Waals surface area contributed by atoms with Crippen molar-refractivity contribution >= 4 is 0 Å². The Balaban J connectivity index is 1.30. The van der Waals surface area contributed by atoms with E-state index >= 15 is 0 Å². The van der Waals surface area contributed by atoms with Crippen LogP contribution in [0.5, 0.6) is 0 Å². The van der Waals surface area contributed by atoms with Crippen molar-refractivity contribution in [2.24, 2.45) is 0 Å². The minimum absolute atomic E-state index is 0.603. The van der Waals surface area contributed by atoms with E-state index in [1.165, 1.54) is 0 Å². The molecule has 4 heterocycles. The van der Waals surface area contributed by atoms with Crippen molar-refractivity contribution in [1.29, 1.82) is 0 Å². The zero-order valence-corrected chi connectivity index (χ0v) is 20.6. The van der Waals surface area contributed by atoms with Crippen LogP contribution >= 0.6 is 0 Å². The molecule has 4 aromatic heterocycles. The van der Waals surface area contributed by atoms with E-state index in [9.17, 15) is 0 Å². The highest BCUT2D eigenvalue weighted by atomic mass is 15.1. The Morgan fingerprint density at radius 3 is 0.795 bits per heavy atom. The molecule has 0 saturated heterocycles. The maximum absolute atomic E-state index is 4.87. The molecule has 0 aliphatic heterocycles. The van der Waals surface area contributed by atoms with E-state index in [2.05, 4.69) is 30.6 Å². The first-order valence-corrected chi connectivity index (χ1v) is 12.3. The van der Waals surface area contributed by atoms with E-state index in [0.717, 1.165) is 50.1 Å². The van der Waals surface area contributed by atoms with Gasteiger partial charge in [-0.15, -0.1) is 0 Å². The molecule has 9 nitrogen and oxygen atoms in total. The molecule has 0 aliphatic rings. The van der Waals surface area contributed by atoms with Crippen LogP contribution in [-0.2, 0) is 0 Å². The van der Waals surface area contributed by atoms with Crippen LogP contribution in [-0.4, -0.2) is 45.5 Å². The summed E-state index contributed by atoms with van der Waals surface area (Å²) in [5.74, 6) is 1.81. The molecule has 7 aromatic rings. The molecule has 0 spiro atoms. The Labute approximate surface area is 223 Å². The number of H-pyrrole nitrogens is 3. The van der Waals surface area contributed by atoms with Gasteiger partial charge in [0.1, 0.15) is 0 Å². The highest BCUT2D eigenvalue weighted by Gasteiger charge is 2.13. The maximum Gasteiger partial charge on any atom is 0.164 e. The Morgan fingerprint density at radius 2 is 0.564 bits per heavy atom. The fraction of sp³-hybridized carbons (Fsp3) is 0. The molecule has 0 fully saturated rings. The topological polar surface area (TPSA) is 125 Å². The molecule has 0 atom stereocenters. The van der Waals surface area contributed by atoms with Crippen LogP contribution in [0.2, 0.25) is 0 Å². The van der Waals surface area contributed by atoms with Gasteiger partial charge in [-0.1, -0.05) is 72.8 Å². The molecule has 3 N–H and O–H groups in total. The van der Waals surface area contributed by atoms with Crippen molar-refractivity contribution in [3.63, 3.8) is 0 Å². The smallest absolute Gasteiger partial charge is 0.164 e. The van der Waals surface area contributed by atoms with Gasteiger partial charge in [0.2, 0.25) is 0 Å². The summed E-state index contributed by atoms with van der Waals surface area (Å²) in [4.78, 5) is 14.6. The normalized spacial score (nSPS) is 11.1. The van der Waals surface area contributed by atoms with Crippen LogP contribution in [0.3, 0.4) is 0 Å². The molecule has 0 saturated carbocycles. The highest BCUT2D eigenvalue weighted by molar-refractivity contribution is 5.72. The van der Waals surface area contributed by atoms with E-state index in [-0.39, 0.29) is 0 Å². The Kier molecular flexibility index (Phi) is 5.56. The number of aromatic nitrogens is 9. The number of aromatic amines is 3. The number of hydrogen-bond donors (Lipinski definition) is 3. The van der Waals surface area contributed by atoms with Gasteiger partial charge in [0.05, 0.1) is 18.6 Å². The van der Waals surface area contributed by atoms with E-state index in [4.69, 9.17) is 15.0 Å². The number of rotatable bonds is 6. The summed E-state index contributed by atoms with van der Waals surface area (Å²) in [6.45, 7) is 0. The number of nitrogens with zero attached hydrogens (tertiary/aromatic N) is 6. The standard InChI is InChI=1S/C30H21N9/c1-7-22(8-2-19(1)25-13-31-32-14-25)28-37-29(23-9-3-20(4-10-23)26-15-33-34-16-26)39-30(38-28)24-11-5-21(6-12-24)27-17-35-36-18-27/h1-18H,(H,31,32)(H,33,34)(H,35,36). The van der Waals surface area contributed by atoms with E-state index in [1.54, 1.807) is 18.6 Å². The van der Waals surface area contributed by atoms with Crippen molar-refractivity contribution in [3.05, 3.63) is 110 Å². The fourth-order valence-electron chi connectivity index (χ4n) is 4.42. The zero-order chi connectivity index (χ0) is 26.0. The summed E-state index contributed by atoms with van der Waals surface area (Å²) in [5, 5.41) is 20.7. The molecule has 0 amide bonds. The minimum Gasteiger partial charge on any atom is -0.285 e. The molecular weight excluding hydrogens is 486 g/mol. The van der Waals surface area contributed by atoms with Gasteiger partial charge in [-0.3, -0.25) is 15.3 Å². The lowest BCUT2D eigenvalue weighted by Gasteiger charge is -2.10. The quantitative estimate of drug-likeness (QED) is 0.252. The third-order valence-electron chi connectivity index (χ3n) is 6.56. The van der Waals surface area contributed by atoms with Gasteiger partial charge in [0.15, 0.2) is 17.5 Å². The van der Waals surface area contributed by atoms with E-state index in [0.29, 0.717) is 17.5 Å². The summed E-state index contributed by atoms with van der Waals surface area (Å²) in [6.07, 6.45) is 11.0. The first-order chi connectivity index (χ1) is 19.3. The third-order valence-corrected chi connectivity index (χ3v) is 6.56. The SMILES string of the molecule is c1cc(-c2nc(-c3ccc(-c4cn[nH]c4)cc3)nc(-c3ccc(-c4cn[nH]c4)cc3)n2)ccc1-c1cn[nH]c1. The van der Waals surface area contributed by atoms with Crippen LogP contribution in [0.1, 0.15) is 0 Å². The van der Waals surface area contributed by atoms with Crippen LogP contribution < -0.4 is 0 Å². The van der Waals surface area contributed by atoms with Crippen molar-refractivity contribution < 1.29 is 0 Å². The number of nitrogens with one attached hydrogen (secondary N) is 3. The monoisotopic (exact) mass is 507 g/mol. The van der Waals surface area contributed by atoms with Gasteiger partial charge in [-0.05, 0) is 16.7 Å². The van der Waals surface area contributed by atoms with E-state index < -0.39 is 0 Å². The molecule has 39 heavy (non-hydrogen) atoms. The predicted octanol–water partition coefficient (Wildman–Crippen LogP) is 6.04. The molecular formula is C30H21N9.